The zero-order valence-corrected chi connectivity index (χ0v) is 14.4. The summed E-state index contributed by atoms with van der Waals surface area (Å²) in [5, 5.41) is 3.22. The van der Waals surface area contributed by atoms with Gasteiger partial charge in [0, 0.05) is 17.5 Å². The van der Waals surface area contributed by atoms with Gasteiger partial charge in [-0.3, -0.25) is 10.1 Å². The van der Waals surface area contributed by atoms with Crippen molar-refractivity contribution < 1.29 is 9.18 Å². The van der Waals surface area contributed by atoms with Crippen LogP contribution in [-0.4, -0.2) is 15.9 Å². The Morgan fingerprint density at radius 1 is 1.33 bits per heavy atom. The zero-order valence-electron chi connectivity index (χ0n) is 12.8. The molecule has 4 nitrogen and oxygen atoms in total. The molecule has 1 aromatic carbocycles. The number of benzene rings is 1. The number of carbonyl (C=O) groups is 1. The van der Waals surface area contributed by atoms with Crippen LogP contribution in [0.3, 0.4) is 0 Å². The van der Waals surface area contributed by atoms with Crippen LogP contribution >= 0.6 is 23.6 Å². The maximum atomic E-state index is 13.8. The van der Waals surface area contributed by atoms with Crippen molar-refractivity contribution in [2.75, 3.05) is 5.32 Å². The van der Waals surface area contributed by atoms with Gasteiger partial charge in [-0.05, 0) is 30.7 Å². The summed E-state index contributed by atoms with van der Waals surface area (Å²) in [6.45, 7) is 1.84. The average molecular weight is 359 g/mol. The molecule has 2 aromatic heterocycles. The first-order valence-electron chi connectivity index (χ1n) is 7.23. The average Bonchev–Trinajstić information content (AvgIpc) is 2.89. The monoisotopic (exact) mass is 359 g/mol. The highest BCUT2D eigenvalue weighted by molar-refractivity contribution is 7.71. The van der Waals surface area contributed by atoms with Crippen molar-refractivity contribution in [1.29, 1.82) is 0 Å². The number of hydrogen-bond acceptors (Lipinski definition) is 4. The third-order valence-corrected chi connectivity index (χ3v) is 4.90. The number of nitrogens with one attached hydrogen (secondary N) is 2. The largest absolute Gasteiger partial charge is 0.352 e. The first kappa shape index (κ1) is 16.5. The fourth-order valence-electron chi connectivity index (χ4n) is 2.23. The number of nitrogens with zero attached hydrogens (tertiary/aromatic N) is 1. The van der Waals surface area contributed by atoms with Crippen LogP contribution in [0, 0.1) is 17.4 Å². The number of carbonyl (C=O) groups excluding carboxylic acids is 1. The maximum Gasteiger partial charge on any atom is 0.260 e. The Morgan fingerprint density at radius 2 is 2.12 bits per heavy atom. The second-order valence-electron chi connectivity index (χ2n) is 5.16. The number of halogens is 1. The lowest BCUT2D eigenvalue weighted by molar-refractivity contribution is 0.102. The summed E-state index contributed by atoms with van der Waals surface area (Å²) >= 11 is 6.44. The van der Waals surface area contributed by atoms with E-state index in [9.17, 15) is 9.18 Å². The van der Waals surface area contributed by atoms with Crippen molar-refractivity contribution in [2.45, 2.75) is 13.3 Å². The summed E-state index contributed by atoms with van der Waals surface area (Å²) in [6, 6.07) is 10.00. The highest BCUT2D eigenvalue weighted by Crippen LogP contribution is 2.26. The van der Waals surface area contributed by atoms with Crippen molar-refractivity contribution in [2.24, 2.45) is 0 Å². The second-order valence-corrected chi connectivity index (χ2v) is 6.65. The summed E-state index contributed by atoms with van der Waals surface area (Å²) in [5.41, 5.74) is 1.76. The number of aromatic amines is 1. The van der Waals surface area contributed by atoms with E-state index in [1.165, 1.54) is 17.4 Å². The fraction of sp³-hybridized carbons (Fsp3) is 0.118. The zero-order chi connectivity index (χ0) is 17.1. The van der Waals surface area contributed by atoms with Gasteiger partial charge in [-0.1, -0.05) is 30.4 Å². The Labute approximate surface area is 147 Å². The van der Waals surface area contributed by atoms with E-state index >= 15 is 0 Å². The minimum absolute atomic E-state index is 0.244. The summed E-state index contributed by atoms with van der Waals surface area (Å²) in [4.78, 5) is 20.4. The van der Waals surface area contributed by atoms with Crippen LogP contribution in [0.4, 0.5) is 9.52 Å². The van der Waals surface area contributed by atoms with Crippen LogP contribution in [0.1, 0.15) is 26.5 Å². The van der Waals surface area contributed by atoms with E-state index in [1.54, 1.807) is 36.5 Å². The molecule has 0 spiro atoms. The van der Waals surface area contributed by atoms with Crippen molar-refractivity contribution in [3.63, 3.8) is 0 Å². The van der Waals surface area contributed by atoms with Gasteiger partial charge in [-0.25, -0.2) is 9.37 Å². The third kappa shape index (κ3) is 3.58. The normalized spacial score (nSPS) is 10.6. The van der Waals surface area contributed by atoms with E-state index in [1.807, 2.05) is 6.92 Å². The van der Waals surface area contributed by atoms with E-state index in [4.69, 9.17) is 12.2 Å². The number of rotatable bonds is 4. The minimum atomic E-state index is -0.317. The molecule has 0 saturated carbocycles. The quantitative estimate of drug-likeness (QED) is 0.675. The van der Waals surface area contributed by atoms with Gasteiger partial charge in [0.05, 0.1) is 11.3 Å². The first-order chi connectivity index (χ1) is 11.5. The predicted octanol–water partition coefficient (Wildman–Crippen LogP) is 4.49. The molecule has 3 aromatic rings. The highest BCUT2D eigenvalue weighted by atomic mass is 32.1. The van der Waals surface area contributed by atoms with E-state index in [0.29, 0.717) is 27.3 Å². The van der Waals surface area contributed by atoms with Crippen LogP contribution in [0.2, 0.25) is 0 Å². The molecule has 122 valence electrons. The number of aryl methyl sites for hydroxylation is 1. The second kappa shape index (κ2) is 7.02. The molecule has 0 radical (unpaired) electrons. The molecule has 0 saturated heterocycles. The molecule has 3 rings (SSSR count). The smallest absolute Gasteiger partial charge is 0.260 e. The summed E-state index contributed by atoms with van der Waals surface area (Å²) in [5.74, 6) is -0.561. The van der Waals surface area contributed by atoms with E-state index in [2.05, 4.69) is 15.3 Å². The van der Waals surface area contributed by atoms with Gasteiger partial charge in [0.2, 0.25) is 0 Å². The van der Waals surface area contributed by atoms with E-state index in [0.717, 1.165) is 10.6 Å². The molecule has 0 unspecified atom stereocenters. The number of H-pyrrole nitrogens is 1. The maximum absolute atomic E-state index is 13.8. The summed E-state index contributed by atoms with van der Waals surface area (Å²) < 4.78 is 14.2. The van der Waals surface area contributed by atoms with E-state index in [-0.39, 0.29) is 11.7 Å². The number of aromatic nitrogens is 2. The Bertz CT molecular complexity index is 949. The third-order valence-electron chi connectivity index (χ3n) is 3.48. The van der Waals surface area contributed by atoms with Gasteiger partial charge < -0.3 is 4.98 Å². The molecule has 0 atom stereocenters. The van der Waals surface area contributed by atoms with Gasteiger partial charge in [-0.2, -0.15) is 0 Å². The molecule has 1 amide bonds. The standard InChI is InChI=1S/C17H14FN3OS2/c1-10-14(9-11-5-2-3-7-13(11)18)24-17(20-10)21-15(22)12-6-4-8-19-16(12)23/h2-8H,9H2,1H3,(H,19,23)(H,20,21,22). The topological polar surface area (TPSA) is 57.8 Å². The minimum Gasteiger partial charge on any atom is -0.352 e. The van der Waals surface area contributed by atoms with Gasteiger partial charge in [-0.15, -0.1) is 11.3 Å². The molecule has 0 aliphatic carbocycles. The molecule has 0 aliphatic heterocycles. The first-order valence-corrected chi connectivity index (χ1v) is 8.46. The molecule has 2 N–H and O–H groups in total. The van der Waals surface area contributed by atoms with Crippen LogP contribution in [0.15, 0.2) is 42.6 Å². The number of hydrogen-bond donors (Lipinski definition) is 2. The molecular weight excluding hydrogens is 345 g/mol. The molecule has 0 bridgehead atoms. The van der Waals surface area contributed by atoms with Crippen LogP contribution in [0.25, 0.3) is 0 Å². The Balaban J connectivity index is 1.79. The van der Waals surface area contributed by atoms with Gasteiger partial charge in [0.25, 0.3) is 5.91 Å². The van der Waals surface area contributed by atoms with Crippen molar-refractivity contribution in [3.05, 3.63) is 74.8 Å². The molecule has 0 aliphatic rings. The highest BCUT2D eigenvalue weighted by Gasteiger charge is 2.14. The van der Waals surface area contributed by atoms with Crippen molar-refractivity contribution >= 4 is 34.6 Å². The van der Waals surface area contributed by atoms with Crippen molar-refractivity contribution in [3.8, 4) is 0 Å². The molecule has 0 fully saturated rings. The van der Waals surface area contributed by atoms with Crippen LogP contribution in [0.5, 0.6) is 0 Å². The molecule has 24 heavy (non-hydrogen) atoms. The molecule has 2 heterocycles. The number of pyridine rings is 1. The Kier molecular flexibility index (Phi) is 4.82. The Hall–Kier alpha value is -2.38. The SMILES string of the molecule is Cc1nc(NC(=O)c2ccc[nH]c2=S)sc1Cc1ccccc1F. The molecular formula is C17H14FN3OS2. The molecule has 7 heteroatoms. The number of anilines is 1. The lowest BCUT2D eigenvalue weighted by Crippen LogP contribution is -2.12. The summed E-state index contributed by atoms with van der Waals surface area (Å²) in [7, 11) is 0. The predicted molar refractivity (Wildman–Crippen MR) is 95.6 cm³/mol. The fourth-order valence-corrected chi connectivity index (χ4v) is 3.43. The number of amides is 1. The van der Waals surface area contributed by atoms with Gasteiger partial charge in [0.15, 0.2) is 5.13 Å². The summed E-state index contributed by atoms with van der Waals surface area (Å²) in [6.07, 6.45) is 2.11. The van der Waals surface area contributed by atoms with Crippen LogP contribution in [-0.2, 0) is 6.42 Å². The van der Waals surface area contributed by atoms with Crippen molar-refractivity contribution in [1.82, 2.24) is 9.97 Å². The van der Waals surface area contributed by atoms with Gasteiger partial charge in [0.1, 0.15) is 10.5 Å². The van der Waals surface area contributed by atoms with E-state index < -0.39 is 0 Å². The van der Waals surface area contributed by atoms with Gasteiger partial charge >= 0.3 is 0 Å². The lowest BCUT2D eigenvalue weighted by atomic mass is 10.1. The Morgan fingerprint density at radius 3 is 2.88 bits per heavy atom. The van der Waals surface area contributed by atoms with Crippen LogP contribution < -0.4 is 5.32 Å². The lowest BCUT2D eigenvalue weighted by Gasteiger charge is -2.01. The number of thiazole rings is 1.